The van der Waals surface area contributed by atoms with Crippen LogP contribution in [0.4, 0.5) is 10.6 Å². The van der Waals surface area contributed by atoms with Gasteiger partial charge in [-0.3, -0.25) is 14.8 Å². The lowest BCUT2D eigenvalue weighted by atomic mass is 9.97. The Hall–Kier alpha value is -2.05. The molecule has 0 bridgehead atoms. The van der Waals surface area contributed by atoms with Gasteiger partial charge in [-0.15, -0.1) is 0 Å². The zero-order chi connectivity index (χ0) is 16.3. The Kier molecular flexibility index (Phi) is 5.05. The number of likely N-dealkylation sites (tertiary alicyclic amines) is 1. The number of nitrogens with zero attached hydrogens (tertiary/aromatic N) is 3. The third kappa shape index (κ3) is 3.58. The fourth-order valence-electron chi connectivity index (χ4n) is 2.69. The highest BCUT2D eigenvalue weighted by Crippen LogP contribution is 2.20. The quantitative estimate of drug-likeness (QED) is 0.894. The third-order valence-corrected chi connectivity index (χ3v) is 4.30. The summed E-state index contributed by atoms with van der Waals surface area (Å²) in [4.78, 5) is 24.8. The summed E-state index contributed by atoms with van der Waals surface area (Å²) in [6.45, 7) is 7.08. The fourth-order valence-corrected chi connectivity index (χ4v) is 2.69. The average Bonchev–Trinajstić information content (AvgIpc) is 2.87. The number of piperidine rings is 1. The molecule has 22 heavy (non-hydrogen) atoms. The number of aryl methyl sites for hydroxylation is 1. The molecule has 0 spiro atoms. The van der Waals surface area contributed by atoms with Gasteiger partial charge >= 0.3 is 12.0 Å². The summed E-state index contributed by atoms with van der Waals surface area (Å²) in [5.41, 5.74) is 1.01. The molecule has 0 aliphatic carbocycles. The Morgan fingerprint density at radius 1 is 1.45 bits per heavy atom. The number of aromatic nitrogens is 2. The van der Waals surface area contributed by atoms with Crippen LogP contribution in [0.25, 0.3) is 0 Å². The first-order chi connectivity index (χ1) is 10.4. The van der Waals surface area contributed by atoms with Crippen LogP contribution >= 0.6 is 0 Å². The van der Waals surface area contributed by atoms with Gasteiger partial charge in [0.25, 0.3) is 0 Å². The number of rotatable bonds is 4. The van der Waals surface area contributed by atoms with E-state index in [2.05, 4.69) is 24.3 Å². The molecule has 1 unspecified atom stereocenters. The van der Waals surface area contributed by atoms with Crippen LogP contribution in [0.3, 0.4) is 0 Å². The number of amides is 2. The Bertz CT molecular complexity index is 547. The predicted octanol–water partition coefficient (Wildman–Crippen LogP) is 2.49. The van der Waals surface area contributed by atoms with Crippen LogP contribution in [-0.4, -0.2) is 44.9 Å². The van der Waals surface area contributed by atoms with Gasteiger partial charge in [0.15, 0.2) is 5.82 Å². The van der Waals surface area contributed by atoms with E-state index in [1.165, 1.54) is 0 Å². The van der Waals surface area contributed by atoms with Crippen molar-refractivity contribution in [1.29, 1.82) is 0 Å². The van der Waals surface area contributed by atoms with E-state index in [-0.39, 0.29) is 18.0 Å². The maximum atomic E-state index is 12.2. The molecule has 7 nitrogen and oxygen atoms in total. The molecule has 1 aromatic heterocycles. The van der Waals surface area contributed by atoms with Crippen molar-refractivity contribution in [2.75, 3.05) is 18.4 Å². The van der Waals surface area contributed by atoms with Crippen LogP contribution in [-0.2, 0) is 4.79 Å². The Morgan fingerprint density at radius 2 is 2.09 bits per heavy atom. The highest BCUT2D eigenvalue weighted by Gasteiger charge is 2.27. The molecule has 2 heterocycles. The number of urea groups is 1. The molecule has 1 fully saturated rings. The monoisotopic (exact) mass is 308 g/mol. The Balaban J connectivity index is 1.94. The van der Waals surface area contributed by atoms with Crippen LogP contribution in [0, 0.1) is 12.8 Å². The molecule has 1 aliphatic rings. The van der Waals surface area contributed by atoms with E-state index >= 15 is 0 Å². The van der Waals surface area contributed by atoms with Gasteiger partial charge < -0.3 is 10.0 Å². The van der Waals surface area contributed by atoms with E-state index in [0.717, 1.165) is 12.1 Å². The van der Waals surface area contributed by atoms with Crippen LogP contribution in [0.2, 0.25) is 0 Å². The highest BCUT2D eigenvalue weighted by atomic mass is 16.4. The van der Waals surface area contributed by atoms with Gasteiger partial charge in [-0.2, -0.15) is 5.10 Å². The van der Waals surface area contributed by atoms with E-state index in [0.29, 0.717) is 31.7 Å². The maximum absolute atomic E-state index is 12.2. The van der Waals surface area contributed by atoms with Crippen molar-refractivity contribution < 1.29 is 14.7 Å². The van der Waals surface area contributed by atoms with Crippen LogP contribution in [0.5, 0.6) is 0 Å². The summed E-state index contributed by atoms with van der Waals surface area (Å²) in [6.07, 6.45) is 1.98. The van der Waals surface area contributed by atoms with E-state index < -0.39 is 5.97 Å². The minimum absolute atomic E-state index is 0.211. The van der Waals surface area contributed by atoms with Gasteiger partial charge in [0.1, 0.15) is 0 Å². The predicted molar refractivity (Wildman–Crippen MR) is 82.9 cm³/mol. The second-order valence-corrected chi connectivity index (χ2v) is 5.90. The van der Waals surface area contributed by atoms with Crippen molar-refractivity contribution >= 4 is 17.8 Å². The van der Waals surface area contributed by atoms with Gasteiger partial charge in [-0.1, -0.05) is 6.92 Å². The van der Waals surface area contributed by atoms with E-state index in [4.69, 9.17) is 5.11 Å². The molecule has 2 amide bonds. The van der Waals surface area contributed by atoms with Crippen LogP contribution < -0.4 is 5.32 Å². The van der Waals surface area contributed by atoms with E-state index in [1.54, 1.807) is 4.90 Å². The summed E-state index contributed by atoms with van der Waals surface area (Å²) < 4.78 is 1.91. The zero-order valence-electron chi connectivity index (χ0n) is 13.4. The first-order valence-electron chi connectivity index (χ1n) is 7.77. The normalized spacial score (nSPS) is 17.3. The minimum Gasteiger partial charge on any atom is -0.481 e. The lowest BCUT2D eigenvalue weighted by Crippen LogP contribution is -2.42. The average molecular weight is 308 g/mol. The number of carboxylic acid groups (broad SMARTS) is 1. The van der Waals surface area contributed by atoms with Crippen molar-refractivity contribution in [2.24, 2.45) is 5.92 Å². The van der Waals surface area contributed by atoms with Gasteiger partial charge in [0.05, 0.1) is 5.92 Å². The van der Waals surface area contributed by atoms with E-state index in [1.807, 2.05) is 17.7 Å². The minimum atomic E-state index is -0.775. The number of carbonyl (C=O) groups is 2. The van der Waals surface area contributed by atoms with Crippen molar-refractivity contribution in [2.45, 2.75) is 46.1 Å². The molecule has 2 rings (SSSR count). The largest absolute Gasteiger partial charge is 0.481 e. The maximum Gasteiger partial charge on any atom is 0.323 e. The van der Waals surface area contributed by atoms with Gasteiger partial charge in [0, 0.05) is 30.9 Å². The Labute approximate surface area is 130 Å². The molecule has 0 aromatic carbocycles. The number of anilines is 1. The van der Waals surface area contributed by atoms with Crippen molar-refractivity contribution in [1.82, 2.24) is 14.7 Å². The molecular formula is C15H24N4O3. The molecule has 0 radical (unpaired) electrons. The van der Waals surface area contributed by atoms with Gasteiger partial charge in [-0.25, -0.2) is 4.79 Å². The molecule has 122 valence electrons. The zero-order valence-corrected chi connectivity index (χ0v) is 13.4. The lowest BCUT2D eigenvalue weighted by Gasteiger charge is -2.29. The first kappa shape index (κ1) is 16.3. The number of hydrogen-bond acceptors (Lipinski definition) is 3. The standard InChI is InChI=1S/C15H24N4O3/c1-4-10(2)19-11(3)9-13(17-19)16-15(22)18-7-5-12(6-8-18)14(20)21/h9-10,12H,4-8H2,1-3H3,(H,20,21)(H,16,17,22). The number of aliphatic carboxylic acids is 1. The summed E-state index contributed by atoms with van der Waals surface area (Å²) in [7, 11) is 0. The number of hydrogen-bond donors (Lipinski definition) is 2. The summed E-state index contributed by atoms with van der Waals surface area (Å²) >= 11 is 0. The molecule has 0 saturated carbocycles. The smallest absolute Gasteiger partial charge is 0.323 e. The molecule has 1 aromatic rings. The molecule has 1 atom stereocenters. The number of carboxylic acids is 1. The van der Waals surface area contributed by atoms with Gasteiger partial charge in [-0.05, 0) is 33.1 Å². The topological polar surface area (TPSA) is 87.5 Å². The first-order valence-corrected chi connectivity index (χ1v) is 7.77. The fraction of sp³-hybridized carbons (Fsp3) is 0.667. The second-order valence-electron chi connectivity index (χ2n) is 5.90. The van der Waals surface area contributed by atoms with Crippen molar-refractivity contribution in [3.63, 3.8) is 0 Å². The van der Waals surface area contributed by atoms with Crippen molar-refractivity contribution in [3.05, 3.63) is 11.8 Å². The van der Waals surface area contributed by atoms with E-state index in [9.17, 15) is 9.59 Å². The molecule has 1 aliphatic heterocycles. The highest BCUT2D eigenvalue weighted by molar-refractivity contribution is 5.88. The molecular weight excluding hydrogens is 284 g/mol. The number of carbonyl (C=O) groups excluding carboxylic acids is 1. The molecule has 2 N–H and O–H groups in total. The summed E-state index contributed by atoms with van der Waals surface area (Å²) in [5.74, 6) is -0.568. The van der Waals surface area contributed by atoms with Crippen LogP contribution in [0.1, 0.15) is 44.8 Å². The number of nitrogens with one attached hydrogen (secondary N) is 1. The summed E-state index contributed by atoms with van der Waals surface area (Å²) in [6, 6.07) is 1.93. The SMILES string of the molecule is CCC(C)n1nc(NC(=O)N2CCC(C(=O)O)CC2)cc1C. The third-order valence-electron chi connectivity index (χ3n) is 4.30. The molecule has 7 heteroatoms. The van der Waals surface area contributed by atoms with Crippen LogP contribution in [0.15, 0.2) is 6.07 Å². The second kappa shape index (κ2) is 6.81. The Morgan fingerprint density at radius 3 is 2.64 bits per heavy atom. The summed E-state index contributed by atoms with van der Waals surface area (Å²) in [5, 5.41) is 16.2. The lowest BCUT2D eigenvalue weighted by molar-refractivity contribution is -0.143. The molecule has 1 saturated heterocycles. The van der Waals surface area contributed by atoms with Crippen molar-refractivity contribution in [3.8, 4) is 0 Å². The van der Waals surface area contributed by atoms with Gasteiger partial charge in [0.2, 0.25) is 0 Å².